The van der Waals surface area contributed by atoms with Crippen LogP contribution in [-0.4, -0.2) is 24.1 Å². The zero-order valence-corrected chi connectivity index (χ0v) is 39.2. The Labute approximate surface area is 414 Å². The fourth-order valence-corrected chi connectivity index (χ4v) is 12.8. The first-order valence-corrected chi connectivity index (χ1v) is 25.1. The van der Waals surface area contributed by atoms with Crippen molar-refractivity contribution in [3.8, 4) is 45.5 Å². The molecule has 0 amide bonds. The Morgan fingerprint density at radius 2 is 0.986 bits per heavy atom. The van der Waals surface area contributed by atoms with Crippen LogP contribution in [0.2, 0.25) is 0 Å². The fraction of sp³-hybridized carbons (Fsp3) is 0. The molecule has 0 atom stereocenters. The van der Waals surface area contributed by atoms with Gasteiger partial charge in [-0.2, -0.15) is 0 Å². The highest BCUT2D eigenvalue weighted by Crippen LogP contribution is 2.46. The van der Waals surface area contributed by atoms with Gasteiger partial charge in [-0.3, -0.25) is 0 Å². The van der Waals surface area contributed by atoms with Gasteiger partial charge in [-0.15, -0.1) is 11.3 Å². The van der Waals surface area contributed by atoms with Crippen LogP contribution in [0.25, 0.3) is 153 Å². The Bertz CT molecular complexity index is 4940. The lowest BCUT2D eigenvalue weighted by Gasteiger charge is -2.16. The van der Waals surface area contributed by atoms with Gasteiger partial charge in [0.25, 0.3) is 0 Å². The number of furan rings is 1. The zero-order chi connectivity index (χ0) is 47.0. The molecule has 0 N–H and O–H groups in total. The standard InChI is InChI=1S/C65H37N5OS/c1-2-19-41(20-3-1)69-53-29-11-8-22-43(53)46-25-14-27-48(61(46)69)63-66-64(49-28-15-26-47-45-24-10-13-31-59(45)72-62(47)49)68-65(67-63)52-36-50-44-23-9-12-30-57(44)71-58(50)37-56(52)70-54-33-32-38-16-6-7-21-42(38)60(54)51-34-39-17-4-5-18-40(39)35-55(51)70/h1-37H. The maximum atomic E-state index is 6.77. The van der Waals surface area contributed by atoms with E-state index in [-0.39, 0.29) is 0 Å². The Morgan fingerprint density at radius 3 is 1.83 bits per heavy atom. The monoisotopic (exact) mass is 935 g/mol. The molecular formula is C65H37N5OS. The number of hydrogen-bond acceptors (Lipinski definition) is 5. The second-order valence-corrected chi connectivity index (χ2v) is 19.7. The molecule has 0 spiro atoms. The van der Waals surface area contributed by atoms with Crippen molar-refractivity contribution in [3.05, 3.63) is 224 Å². The predicted molar refractivity (Wildman–Crippen MR) is 300 cm³/mol. The van der Waals surface area contributed by atoms with Gasteiger partial charge in [0.1, 0.15) is 11.2 Å². The van der Waals surface area contributed by atoms with Crippen molar-refractivity contribution in [2.45, 2.75) is 0 Å². The van der Waals surface area contributed by atoms with Crippen molar-refractivity contribution >= 4 is 119 Å². The van der Waals surface area contributed by atoms with Gasteiger partial charge < -0.3 is 13.6 Å². The highest BCUT2D eigenvalue weighted by atomic mass is 32.1. The third-order valence-electron chi connectivity index (χ3n) is 14.7. The first-order valence-electron chi connectivity index (χ1n) is 24.3. The van der Waals surface area contributed by atoms with E-state index in [1.165, 1.54) is 42.4 Å². The summed E-state index contributed by atoms with van der Waals surface area (Å²) in [5.41, 5.74) is 10.6. The van der Waals surface area contributed by atoms with Crippen LogP contribution in [-0.2, 0) is 0 Å². The van der Waals surface area contributed by atoms with Crippen LogP contribution in [0.1, 0.15) is 0 Å². The normalized spacial score (nSPS) is 12.2. The summed E-state index contributed by atoms with van der Waals surface area (Å²) < 4.78 is 13.9. The summed E-state index contributed by atoms with van der Waals surface area (Å²) in [5, 5.41) is 13.8. The van der Waals surface area contributed by atoms with Crippen LogP contribution in [0.4, 0.5) is 0 Å². The molecule has 0 unspecified atom stereocenters. The van der Waals surface area contributed by atoms with Crippen molar-refractivity contribution in [3.63, 3.8) is 0 Å². The maximum absolute atomic E-state index is 6.77. The van der Waals surface area contributed by atoms with E-state index in [1.807, 2.05) is 12.1 Å². The van der Waals surface area contributed by atoms with E-state index in [2.05, 4.69) is 221 Å². The van der Waals surface area contributed by atoms with Gasteiger partial charge in [-0.25, -0.2) is 15.0 Å². The topological polar surface area (TPSA) is 61.7 Å². The van der Waals surface area contributed by atoms with E-state index in [0.717, 1.165) is 92.9 Å². The SMILES string of the molecule is c1ccc(-n2c3ccccc3c3cccc(-c4nc(-c5cc6c(cc5-n5c7cc8ccccc8cc7c7c8ccccc8ccc75)oc5ccccc56)nc(-c5cccc6c5sc5ccccc56)n4)c32)cc1. The molecule has 0 aliphatic rings. The summed E-state index contributed by atoms with van der Waals surface area (Å²) in [5.74, 6) is 1.75. The third-order valence-corrected chi connectivity index (χ3v) is 15.9. The van der Waals surface area contributed by atoms with Gasteiger partial charge in [0.05, 0.1) is 27.8 Å². The molecule has 5 aromatic heterocycles. The van der Waals surface area contributed by atoms with Crippen LogP contribution in [0.15, 0.2) is 229 Å². The molecule has 0 radical (unpaired) electrons. The average Bonchev–Trinajstić information content (AvgIpc) is 4.19. The molecule has 0 fully saturated rings. The van der Waals surface area contributed by atoms with Crippen molar-refractivity contribution < 1.29 is 4.42 Å². The molecule has 334 valence electrons. The predicted octanol–water partition coefficient (Wildman–Crippen LogP) is 17.6. The highest BCUT2D eigenvalue weighted by Gasteiger charge is 2.26. The van der Waals surface area contributed by atoms with Crippen LogP contribution in [0, 0.1) is 0 Å². The van der Waals surface area contributed by atoms with Crippen LogP contribution < -0.4 is 0 Å². The molecule has 6 nitrogen and oxygen atoms in total. The van der Waals surface area contributed by atoms with Crippen molar-refractivity contribution in [1.29, 1.82) is 0 Å². The van der Waals surface area contributed by atoms with Gasteiger partial charge in [-0.1, -0.05) is 152 Å². The van der Waals surface area contributed by atoms with Gasteiger partial charge in [0.2, 0.25) is 0 Å². The molecule has 16 aromatic rings. The van der Waals surface area contributed by atoms with Crippen molar-refractivity contribution in [1.82, 2.24) is 24.1 Å². The second-order valence-electron chi connectivity index (χ2n) is 18.7. The van der Waals surface area contributed by atoms with E-state index in [9.17, 15) is 0 Å². The molecule has 7 heteroatoms. The van der Waals surface area contributed by atoms with Crippen LogP contribution >= 0.6 is 11.3 Å². The van der Waals surface area contributed by atoms with Gasteiger partial charge in [-0.05, 0) is 88.3 Å². The van der Waals surface area contributed by atoms with Crippen molar-refractivity contribution in [2.24, 2.45) is 0 Å². The number of benzene rings is 11. The van der Waals surface area contributed by atoms with Crippen LogP contribution in [0.5, 0.6) is 0 Å². The molecule has 11 aromatic carbocycles. The average molecular weight is 936 g/mol. The molecule has 0 saturated carbocycles. The zero-order valence-electron chi connectivity index (χ0n) is 38.4. The Morgan fingerprint density at radius 1 is 0.347 bits per heavy atom. The summed E-state index contributed by atoms with van der Waals surface area (Å²) in [7, 11) is 0. The molecule has 0 aliphatic heterocycles. The quantitative estimate of drug-likeness (QED) is 0.172. The van der Waals surface area contributed by atoms with E-state index >= 15 is 0 Å². The number of rotatable bonds is 5. The molecule has 0 bridgehead atoms. The summed E-state index contributed by atoms with van der Waals surface area (Å²) >= 11 is 1.78. The summed E-state index contributed by atoms with van der Waals surface area (Å²) in [6, 6.07) is 80.2. The van der Waals surface area contributed by atoms with Crippen LogP contribution in [0.3, 0.4) is 0 Å². The summed E-state index contributed by atoms with van der Waals surface area (Å²) in [6.45, 7) is 0. The second kappa shape index (κ2) is 15.0. The minimum atomic E-state index is 0.561. The van der Waals surface area contributed by atoms with E-state index < -0.39 is 0 Å². The number of aromatic nitrogens is 5. The number of hydrogen-bond donors (Lipinski definition) is 0. The smallest absolute Gasteiger partial charge is 0.166 e. The number of nitrogens with zero attached hydrogens (tertiary/aromatic N) is 5. The maximum Gasteiger partial charge on any atom is 0.166 e. The largest absolute Gasteiger partial charge is 0.456 e. The van der Waals surface area contributed by atoms with Gasteiger partial charge >= 0.3 is 0 Å². The Balaban J connectivity index is 1.07. The van der Waals surface area contributed by atoms with Gasteiger partial charge in [0.15, 0.2) is 17.5 Å². The highest BCUT2D eigenvalue weighted by molar-refractivity contribution is 7.26. The van der Waals surface area contributed by atoms with Crippen molar-refractivity contribution in [2.75, 3.05) is 0 Å². The van der Waals surface area contributed by atoms with Gasteiger partial charge in [0, 0.05) is 80.9 Å². The number of fused-ring (bicyclic) bond motifs is 15. The minimum Gasteiger partial charge on any atom is -0.456 e. The number of thiophene rings is 1. The third kappa shape index (κ3) is 5.68. The summed E-state index contributed by atoms with van der Waals surface area (Å²) in [6.07, 6.45) is 0. The lowest BCUT2D eigenvalue weighted by molar-refractivity contribution is 0.668. The fourth-order valence-electron chi connectivity index (χ4n) is 11.6. The van der Waals surface area contributed by atoms with E-state index in [0.29, 0.717) is 17.5 Å². The molecule has 16 rings (SSSR count). The first kappa shape index (κ1) is 39.4. The van der Waals surface area contributed by atoms with E-state index in [1.54, 1.807) is 11.3 Å². The number of para-hydroxylation sites is 4. The molecule has 5 heterocycles. The first-order chi connectivity index (χ1) is 35.7. The molecular weight excluding hydrogens is 899 g/mol. The van der Waals surface area contributed by atoms with E-state index in [4.69, 9.17) is 19.4 Å². The Hall–Kier alpha value is -9.43. The molecule has 0 aliphatic carbocycles. The lowest BCUT2D eigenvalue weighted by atomic mass is 10.0. The summed E-state index contributed by atoms with van der Waals surface area (Å²) in [4.78, 5) is 16.9. The Kier molecular flexibility index (Phi) is 8.23. The lowest BCUT2D eigenvalue weighted by Crippen LogP contribution is -2.05. The molecule has 0 saturated heterocycles. The molecule has 72 heavy (non-hydrogen) atoms. The minimum absolute atomic E-state index is 0.561.